The molecule has 1 heterocycles. The van der Waals surface area contributed by atoms with Crippen molar-refractivity contribution in [2.75, 3.05) is 11.4 Å². The SMILES string of the molecule is Cc1c(N2CC(S(=O)(=O)Cl)CC2=O)ccc(Br)c1Cl. The van der Waals surface area contributed by atoms with Gasteiger partial charge in [-0.2, -0.15) is 0 Å². The molecule has 19 heavy (non-hydrogen) atoms. The Bertz CT molecular complexity index is 648. The highest BCUT2D eigenvalue weighted by Crippen LogP contribution is 2.35. The Morgan fingerprint density at radius 1 is 1.42 bits per heavy atom. The standard InChI is InChI=1S/C11H10BrCl2NO3S/c1-6-9(3-2-8(12)11(6)13)15-5-7(4-10(15)16)19(14,17)18/h2-3,7H,4-5H2,1H3. The molecule has 0 saturated carbocycles. The van der Waals surface area contributed by atoms with E-state index in [1.807, 2.05) is 0 Å². The van der Waals surface area contributed by atoms with Crippen LogP contribution in [0.5, 0.6) is 0 Å². The Morgan fingerprint density at radius 2 is 2.05 bits per heavy atom. The van der Waals surface area contributed by atoms with Gasteiger partial charge in [-0.25, -0.2) is 8.42 Å². The third kappa shape index (κ3) is 2.91. The van der Waals surface area contributed by atoms with Crippen LogP contribution in [-0.2, 0) is 13.8 Å². The third-order valence-electron chi connectivity index (χ3n) is 3.09. The van der Waals surface area contributed by atoms with Gasteiger partial charge in [-0.1, -0.05) is 11.6 Å². The molecular weight excluding hydrogens is 377 g/mol. The molecule has 2 rings (SSSR count). The maximum Gasteiger partial charge on any atom is 0.237 e. The summed E-state index contributed by atoms with van der Waals surface area (Å²) in [7, 11) is 1.57. The number of anilines is 1. The maximum atomic E-state index is 11.9. The average molecular weight is 387 g/mol. The highest BCUT2D eigenvalue weighted by molar-refractivity contribution is 9.10. The molecule has 104 valence electrons. The largest absolute Gasteiger partial charge is 0.311 e. The molecule has 8 heteroatoms. The predicted molar refractivity (Wildman–Crippen MR) is 79.4 cm³/mol. The van der Waals surface area contributed by atoms with E-state index < -0.39 is 14.3 Å². The molecule has 0 aliphatic carbocycles. The highest BCUT2D eigenvalue weighted by atomic mass is 79.9. The van der Waals surface area contributed by atoms with Gasteiger partial charge in [0.2, 0.25) is 15.0 Å². The zero-order valence-electron chi connectivity index (χ0n) is 9.86. The first kappa shape index (κ1) is 15.1. The fourth-order valence-corrected chi connectivity index (χ4v) is 3.65. The zero-order chi connectivity index (χ0) is 14.4. The van der Waals surface area contributed by atoms with Crippen LogP contribution in [0.4, 0.5) is 5.69 Å². The van der Waals surface area contributed by atoms with Crippen molar-refractivity contribution in [3.63, 3.8) is 0 Å². The van der Waals surface area contributed by atoms with Gasteiger partial charge in [0, 0.05) is 33.8 Å². The molecule has 1 amide bonds. The molecule has 0 spiro atoms. The molecular formula is C11H10BrCl2NO3S. The smallest absolute Gasteiger partial charge is 0.237 e. The predicted octanol–water partition coefficient (Wildman–Crippen LogP) is 3.08. The van der Waals surface area contributed by atoms with Gasteiger partial charge in [0.15, 0.2) is 0 Å². The van der Waals surface area contributed by atoms with Crippen molar-refractivity contribution in [1.29, 1.82) is 0 Å². The first-order valence-corrected chi connectivity index (χ1v) is 8.94. The molecule has 0 aromatic heterocycles. The van der Waals surface area contributed by atoms with E-state index in [0.29, 0.717) is 10.7 Å². The second kappa shape index (κ2) is 5.24. The second-order valence-corrected chi connectivity index (χ2v) is 8.45. The molecule has 0 radical (unpaired) electrons. The number of nitrogens with zero attached hydrogens (tertiary/aromatic N) is 1. The van der Waals surface area contributed by atoms with Crippen LogP contribution in [0, 0.1) is 6.92 Å². The minimum atomic E-state index is -3.74. The summed E-state index contributed by atoms with van der Waals surface area (Å²) in [4.78, 5) is 13.3. The van der Waals surface area contributed by atoms with Crippen molar-refractivity contribution >= 4 is 58.9 Å². The molecule has 1 atom stereocenters. The fourth-order valence-electron chi connectivity index (χ4n) is 2.03. The van der Waals surface area contributed by atoms with E-state index in [2.05, 4.69) is 15.9 Å². The van der Waals surface area contributed by atoms with E-state index in [9.17, 15) is 13.2 Å². The number of hydrogen-bond acceptors (Lipinski definition) is 3. The van der Waals surface area contributed by atoms with Crippen LogP contribution in [-0.4, -0.2) is 26.1 Å². The number of hydrogen-bond donors (Lipinski definition) is 0. The molecule has 1 aliphatic rings. The van der Waals surface area contributed by atoms with Crippen LogP contribution < -0.4 is 4.90 Å². The number of carbonyl (C=O) groups excluding carboxylic acids is 1. The molecule has 4 nitrogen and oxygen atoms in total. The van der Waals surface area contributed by atoms with E-state index in [1.165, 1.54) is 4.90 Å². The quantitative estimate of drug-likeness (QED) is 0.734. The van der Waals surface area contributed by atoms with Crippen LogP contribution in [0.1, 0.15) is 12.0 Å². The summed E-state index contributed by atoms with van der Waals surface area (Å²) in [5.41, 5.74) is 1.33. The van der Waals surface area contributed by atoms with Crippen molar-refractivity contribution in [2.45, 2.75) is 18.6 Å². The molecule has 1 fully saturated rings. The van der Waals surface area contributed by atoms with Crippen LogP contribution in [0.25, 0.3) is 0 Å². The van der Waals surface area contributed by atoms with Gasteiger partial charge in [-0.3, -0.25) is 4.79 Å². The molecule has 0 N–H and O–H groups in total. The molecule has 1 saturated heterocycles. The van der Waals surface area contributed by atoms with Crippen LogP contribution in [0.15, 0.2) is 16.6 Å². The second-order valence-electron chi connectivity index (χ2n) is 4.31. The summed E-state index contributed by atoms with van der Waals surface area (Å²) in [6, 6.07) is 3.45. The summed E-state index contributed by atoms with van der Waals surface area (Å²) in [6.45, 7) is 1.84. The third-order valence-corrected chi connectivity index (χ3v) is 6.33. The van der Waals surface area contributed by atoms with Crippen molar-refractivity contribution in [1.82, 2.24) is 0 Å². The lowest BCUT2D eigenvalue weighted by molar-refractivity contribution is -0.117. The Labute approximate surface area is 129 Å². The number of carbonyl (C=O) groups is 1. The van der Waals surface area contributed by atoms with E-state index in [4.69, 9.17) is 22.3 Å². The van der Waals surface area contributed by atoms with Gasteiger partial charge in [0.05, 0.1) is 5.02 Å². The van der Waals surface area contributed by atoms with Crippen molar-refractivity contribution < 1.29 is 13.2 Å². The Balaban J connectivity index is 2.39. The Hall–Kier alpha value is -0.300. The van der Waals surface area contributed by atoms with Gasteiger partial charge < -0.3 is 4.90 Å². The zero-order valence-corrected chi connectivity index (χ0v) is 13.8. The molecule has 1 aromatic carbocycles. The van der Waals surface area contributed by atoms with Crippen LogP contribution in [0.2, 0.25) is 5.02 Å². The summed E-state index contributed by atoms with van der Waals surface area (Å²) in [5.74, 6) is -0.268. The lowest BCUT2D eigenvalue weighted by atomic mass is 10.2. The molecule has 0 bridgehead atoms. The van der Waals surface area contributed by atoms with Gasteiger partial charge in [-0.05, 0) is 40.5 Å². The fraction of sp³-hybridized carbons (Fsp3) is 0.364. The summed E-state index contributed by atoms with van der Waals surface area (Å²) >= 11 is 9.40. The lowest BCUT2D eigenvalue weighted by Crippen LogP contribution is -2.27. The normalized spacial score (nSPS) is 20.1. The van der Waals surface area contributed by atoms with E-state index in [1.54, 1.807) is 19.1 Å². The van der Waals surface area contributed by atoms with Crippen LogP contribution >= 0.6 is 38.2 Å². The Morgan fingerprint density at radius 3 is 2.58 bits per heavy atom. The first-order valence-electron chi connectivity index (χ1n) is 5.40. The molecule has 1 unspecified atom stereocenters. The van der Waals surface area contributed by atoms with Crippen molar-refractivity contribution in [2.24, 2.45) is 0 Å². The molecule has 1 aromatic rings. The molecule has 1 aliphatic heterocycles. The minimum absolute atomic E-state index is 0.0590. The van der Waals surface area contributed by atoms with Crippen LogP contribution in [0.3, 0.4) is 0 Å². The van der Waals surface area contributed by atoms with Gasteiger partial charge in [0.1, 0.15) is 5.25 Å². The topological polar surface area (TPSA) is 54.5 Å². The number of halogens is 3. The maximum absolute atomic E-state index is 11.9. The lowest BCUT2D eigenvalue weighted by Gasteiger charge is -2.19. The number of rotatable bonds is 2. The average Bonchev–Trinajstić information content (AvgIpc) is 2.68. The summed E-state index contributed by atoms with van der Waals surface area (Å²) < 4.78 is 23.4. The summed E-state index contributed by atoms with van der Waals surface area (Å²) in [6.07, 6.45) is -0.0983. The van der Waals surface area contributed by atoms with Crippen molar-refractivity contribution in [3.05, 3.63) is 27.2 Å². The Kier molecular flexibility index (Phi) is 4.16. The monoisotopic (exact) mass is 385 g/mol. The van der Waals surface area contributed by atoms with Crippen molar-refractivity contribution in [3.8, 4) is 0 Å². The minimum Gasteiger partial charge on any atom is -0.311 e. The van der Waals surface area contributed by atoms with Gasteiger partial charge >= 0.3 is 0 Å². The highest BCUT2D eigenvalue weighted by Gasteiger charge is 2.38. The van der Waals surface area contributed by atoms with Gasteiger partial charge in [0.25, 0.3) is 0 Å². The summed E-state index contributed by atoms with van der Waals surface area (Å²) in [5, 5.41) is -0.369. The van der Waals surface area contributed by atoms with Gasteiger partial charge in [-0.15, -0.1) is 0 Å². The van der Waals surface area contributed by atoms with E-state index >= 15 is 0 Å². The van der Waals surface area contributed by atoms with E-state index in [0.717, 1.165) is 10.0 Å². The van der Waals surface area contributed by atoms with E-state index in [-0.39, 0.29) is 18.9 Å². The number of amides is 1. The number of benzene rings is 1. The first-order chi connectivity index (χ1) is 8.71.